The van der Waals surface area contributed by atoms with Crippen LogP contribution in [0.4, 0.5) is 0 Å². The molecule has 1 aromatic carbocycles. The average molecular weight is 400 g/mol. The summed E-state index contributed by atoms with van der Waals surface area (Å²) < 4.78 is 6.91. The zero-order valence-corrected chi connectivity index (χ0v) is 16.0. The maximum atomic E-state index is 12.6. The lowest BCUT2D eigenvalue weighted by Crippen LogP contribution is -2.52. The van der Waals surface area contributed by atoms with Gasteiger partial charge in [-0.3, -0.25) is 4.79 Å². The van der Waals surface area contributed by atoms with Crippen LogP contribution in [-0.4, -0.2) is 41.5 Å². The quantitative estimate of drug-likeness (QED) is 0.710. The van der Waals surface area contributed by atoms with Gasteiger partial charge >= 0.3 is 0 Å². The number of carbonyl (C=O) groups excluding carboxylic acids is 1. The Morgan fingerprint density at radius 1 is 1.28 bits per heavy atom. The molecule has 0 bridgehead atoms. The van der Waals surface area contributed by atoms with Crippen LogP contribution < -0.4 is 5.32 Å². The molecule has 1 saturated heterocycles. The van der Waals surface area contributed by atoms with Crippen molar-refractivity contribution >= 4 is 52.3 Å². The van der Waals surface area contributed by atoms with Crippen molar-refractivity contribution in [1.82, 2.24) is 15.2 Å². The van der Waals surface area contributed by atoms with Gasteiger partial charge < -0.3 is 14.6 Å². The van der Waals surface area contributed by atoms with Crippen molar-refractivity contribution in [3.8, 4) is 10.8 Å². The maximum Gasteiger partial charge on any atom is 0.289 e. The Morgan fingerprint density at radius 3 is 2.84 bits per heavy atom. The fraction of sp³-hybridized carbons (Fsp3) is 0.294. The van der Waals surface area contributed by atoms with Crippen LogP contribution in [0.5, 0.6) is 0 Å². The number of para-hydroxylation sites is 1. The molecule has 4 rings (SSSR count). The molecule has 1 fully saturated rings. The molecule has 8 heteroatoms. The fourth-order valence-corrected chi connectivity index (χ4v) is 3.76. The van der Waals surface area contributed by atoms with Crippen LogP contribution in [0.3, 0.4) is 0 Å². The number of aromatic nitrogens is 1. The summed E-state index contributed by atoms with van der Waals surface area (Å²) >= 11 is 1.57. The Bertz CT molecular complexity index is 831. The highest BCUT2D eigenvalue weighted by Crippen LogP contribution is 2.31. The smallest absolute Gasteiger partial charge is 0.289 e. The molecule has 1 N–H and O–H groups in total. The fourth-order valence-electron chi connectivity index (χ4n) is 2.83. The number of hydrogen-bond acceptors (Lipinski definition) is 5. The molecule has 3 heterocycles. The van der Waals surface area contributed by atoms with Crippen LogP contribution in [0.2, 0.25) is 0 Å². The highest BCUT2D eigenvalue weighted by Gasteiger charge is 2.26. The molecule has 0 saturated carbocycles. The lowest BCUT2D eigenvalue weighted by atomic mass is 10.2. The molecule has 1 atom stereocenters. The second kappa shape index (κ2) is 8.19. The van der Waals surface area contributed by atoms with Crippen LogP contribution in [0, 0.1) is 0 Å². The number of amides is 1. The molecule has 0 unspecified atom stereocenters. The molecule has 0 aliphatic carbocycles. The first-order valence-corrected chi connectivity index (χ1v) is 8.51. The lowest BCUT2D eigenvalue weighted by Gasteiger charge is -2.33. The van der Waals surface area contributed by atoms with E-state index in [1.54, 1.807) is 17.4 Å². The van der Waals surface area contributed by atoms with Gasteiger partial charge in [0.05, 0.1) is 10.2 Å². The third-order valence-electron chi connectivity index (χ3n) is 4.08. The zero-order chi connectivity index (χ0) is 15.8. The van der Waals surface area contributed by atoms with Crippen LogP contribution in [0.25, 0.3) is 21.0 Å². The van der Waals surface area contributed by atoms with E-state index < -0.39 is 0 Å². The Kier molecular flexibility index (Phi) is 6.46. The van der Waals surface area contributed by atoms with Gasteiger partial charge in [0.15, 0.2) is 16.5 Å². The number of piperazine rings is 1. The summed E-state index contributed by atoms with van der Waals surface area (Å²) in [5.74, 6) is 0.983. The van der Waals surface area contributed by atoms with Crippen molar-refractivity contribution in [3.63, 3.8) is 0 Å². The molecule has 2 aromatic heterocycles. The van der Waals surface area contributed by atoms with Crippen molar-refractivity contribution in [2.24, 2.45) is 0 Å². The molecule has 1 aliphatic heterocycles. The van der Waals surface area contributed by atoms with Crippen molar-refractivity contribution < 1.29 is 9.21 Å². The van der Waals surface area contributed by atoms with Crippen LogP contribution in [0.1, 0.15) is 17.5 Å². The maximum absolute atomic E-state index is 12.6. The summed E-state index contributed by atoms with van der Waals surface area (Å²) in [6.07, 6.45) is 0. The first-order valence-electron chi connectivity index (χ1n) is 7.70. The van der Waals surface area contributed by atoms with E-state index >= 15 is 0 Å². The summed E-state index contributed by atoms with van der Waals surface area (Å²) in [5.41, 5.74) is 0.951. The van der Waals surface area contributed by atoms with Crippen molar-refractivity contribution in [2.45, 2.75) is 13.0 Å². The number of nitrogens with one attached hydrogen (secondary N) is 1. The number of furan rings is 1. The molecule has 3 aromatic rings. The molecule has 1 aliphatic rings. The second-order valence-electron chi connectivity index (χ2n) is 5.70. The van der Waals surface area contributed by atoms with E-state index in [0.717, 1.165) is 28.3 Å². The SMILES string of the molecule is C[C@@H]1CNCCN1C(=O)c1ccc(-c2nc3ccccc3s2)o1.Cl.Cl. The van der Waals surface area contributed by atoms with E-state index in [-0.39, 0.29) is 36.8 Å². The van der Waals surface area contributed by atoms with Gasteiger partial charge in [-0.05, 0) is 31.2 Å². The number of benzene rings is 1. The van der Waals surface area contributed by atoms with Crippen LogP contribution >= 0.6 is 36.2 Å². The van der Waals surface area contributed by atoms with E-state index in [9.17, 15) is 4.79 Å². The Labute approximate surface area is 162 Å². The summed E-state index contributed by atoms with van der Waals surface area (Å²) in [4.78, 5) is 19.0. The highest BCUT2D eigenvalue weighted by atomic mass is 35.5. The van der Waals surface area contributed by atoms with Crippen molar-refractivity contribution in [2.75, 3.05) is 19.6 Å². The first-order chi connectivity index (χ1) is 11.2. The average Bonchev–Trinajstić information content (AvgIpc) is 3.21. The second-order valence-corrected chi connectivity index (χ2v) is 6.73. The number of halogens is 2. The van der Waals surface area contributed by atoms with Gasteiger partial charge in [0.2, 0.25) is 0 Å². The minimum Gasteiger partial charge on any atom is -0.448 e. The summed E-state index contributed by atoms with van der Waals surface area (Å²) in [6.45, 7) is 4.39. The molecular weight excluding hydrogens is 381 g/mol. The summed E-state index contributed by atoms with van der Waals surface area (Å²) in [5, 5.41) is 4.09. The van der Waals surface area contributed by atoms with E-state index in [1.807, 2.05) is 42.2 Å². The Hall–Kier alpha value is -1.60. The van der Waals surface area contributed by atoms with Gasteiger partial charge in [-0.1, -0.05) is 12.1 Å². The predicted molar refractivity (Wildman–Crippen MR) is 105 cm³/mol. The number of fused-ring (bicyclic) bond motifs is 1. The third-order valence-corrected chi connectivity index (χ3v) is 5.13. The minimum atomic E-state index is -0.0497. The first kappa shape index (κ1) is 19.7. The standard InChI is InChI=1S/C17H17N3O2S.2ClH/c1-11-10-18-8-9-20(11)17(21)14-7-6-13(22-14)16-19-12-4-2-3-5-15(12)23-16;;/h2-7,11,18H,8-10H2,1H3;2*1H/t11-;;/m1../s1. The number of thiazole rings is 1. The predicted octanol–water partition coefficient (Wildman–Crippen LogP) is 3.83. The lowest BCUT2D eigenvalue weighted by molar-refractivity contribution is 0.0624. The van der Waals surface area contributed by atoms with E-state index in [2.05, 4.69) is 10.3 Å². The van der Waals surface area contributed by atoms with E-state index in [4.69, 9.17) is 4.42 Å². The minimum absolute atomic E-state index is 0. The van der Waals surface area contributed by atoms with Crippen molar-refractivity contribution in [1.29, 1.82) is 0 Å². The summed E-state index contributed by atoms with van der Waals surface area (Å²) in [7, 11) is 0. The third kappa shape index (κ3) is 3.82. The molecular formula is C17H19Cl2N3O2S. The summed E-state index contributed by atoms with van der Waals surface area (Å²) in [6, 6.07) is 11.7. The molecule has 1 amide bonds. The normalized spacial score (nSPS) is 17.0. The largest absolute Gasteiger partial charge is 0.448 e. The van der Waals surface area contributed by atoms with Gasteiger partial charge in [-0.15, -0.1) is 36.2 Å². The number of hydrogen-bond donors (Lipinski definition) is 1. The van der Waals surface area contributed by atoms with E-state index in [1.165, 1.54) is 0 Å². The molecule has 5 nitrogen and oxygen atoms in total. The number of nitrogens with zero attached hydrogens (tertiary/aromatic N) is 2. The highest BCUT2D eigenvalue weighted by molar-refractivity contribution is 7.21. The zero-order valence-electron chi connectivity index (χ0n) is 13.6. The van der Waals surface area contributed by atoms with Gasteiger partial charge in [-0.25, -0.2) is 4.98 Å². The van der Waals surface area contributed by atoms with Crippen molar-refractivity contribution in [3.05, 3.63) is 42.2 Å². The Balaban J connectivity index is 0.00000113. The number of rotatable bonds is 2. The molecule has 0 radical (unpaired) electrons. The monoisotopic (exact) mass is 399 g/mol. The van der Waals surface area contributed by atoms with Gasteiger partial charge in [0, 0.05) is 25.7 Å². The molecule has 25 heavy (non-hydrogen) atoms. The van der Waals surface area contributed by atoms with Crippen LogP contribution in [-0.2, 0) is 0 Å². The molecule has 134 valence electrons. The molecule has 0 spiro atoms. The van der Waals surface area contributed by atoms with Gasteiger partial charge in [0.1, 0.15) is 0 Å². The van der Waals surface area contributed by atoms with Gasteiger partial charge in [0.25, 0.3) is 5.91 Å². The van der Waals surface area contributed by atoms with Crippen LogP contribution in [0.15, 0.2) is 40.8 Å². The number of carbonyl (C=O) groups is 1. The topological polar surface area (TPSA) is 58.4 Å². The van der Waals surface area contributed by atoms with Gasteiger partial charge in [-0.2, -0.15) is 0 Å². The van der Waals surface area contributed by atoms with E-state index in [0.29, 0.717) is 18.1 Å². The Morgan fingerprint density at radius 2 is 2.08 bits per heavy atom.